The Morgan fingerprint density at radius 2 is 1.33 bits per heavy atom. The minimum Gasteiger partial charge on any atom is -0.454 e. The molecule has 4 unspecified atom stereocenters. The van der Waals surface area contributed by atoms with Crippen LogP contribution in [0.5, 0.6) is 0 Å². The summed E-state index contributed by atoms with van der Waals surface area (Å²) in [6.07, 6.45) is 1.95. The van der Waals surface area contributed by atoms with E-state index in [1.165, 1.54) is 0 Å². The number of carbonyl (C=O) groups is 1. The third kappa shape index (κ3) is 15.3. The van der Waals surface area contributed by atoms with E-state index in [1.54, 1.807) is 36.4 Å². The van der Waals surface area contributed by atoms with E-state index in [9.17, 15) is 9.90 Å². The van der Waals surface area contributed by atoms with Crippen LogP contribution in [0.3, 0.4) is 0 Å². The van der Waals surface area contributed by atoms with E-state index in [0.717, 1.165) is 0 Å². The van der Waals surface area contributed by atoms with Crippen LogP contribution < -0.4 is 0 Å². The number of hydrogen-bond acceptors (Lipinski definition) is 11. The largest absolute Gasteiger partial charge is 0.454 e. The molecule has 4 atom stereocenters. The van der Waals surface area contributed by atoms with Gasteiger partial charge in [0.15, 0.2) is 11.6 Å². The van der Waals surface area contributed by atoms with E-state index in [-0.39, 0.29) is 38.6 Å². The van der Waals surface area contributed by atoms with E-state index < -0.39 is 29.8 Å². The van der Waals surface area contributed by atoms with Gasteiger partial charge in [-0.1, -0.05) is 30.4 Å². The lowest BCUT2D eigenvalue weighted by atomic mass is 10.2. The lowest BCUT2D eigenvalue weighted by molar-refractivity contribution is -0.147. The van der Waals surface area contributed by atoms with E-state index in [0.29, 0.717) is 45.2 Å². The Balaban J connectivity index is 0.000000317. The summed E-state index contributed by atoms with van der Waals surface area (Å²) in [6.45, 7) is 18.1. The Bertz CT molecular complexity index is 905. The Morgan fingerprint density at radius 1 is 0.857 bits per heavy atom. The van der Waals surface area contributed by atoms with Gasteiger partial charge in [-0.3, -0.25) is 0 Å². The molecule has 3 rings (SSSR count). The van der Waals surface area contributed by atoms with Crippen molar-refractivity contribution < 1.29 is 52.5 Å². The van der Waals surface area contributed by atoms with Gasteiger partial charge in [0.05, 0.1) is 71.6 Å². The molecule has 0 saturated carbocycles. The Morgan fingerprint density at radius 3 is 1.83 bits per heavy atom. The molecule has 2 aliphatic rings. The molecule has 0 aromatic heterocycles. The third-order valence-corrected chi connectivity index (χ3v) is 5.72. The minimum absolute atomic E-state index is 0.0636. The van der Waals surface area contributed by atoms with Gasteiger partial charge in [-0.15, -0.1) is 13.2 Å². The summed E-state index contributed by atoms with van der Waals surface area (Å²) < 4.78 is 49.1. The van der Waals surface area contributed by atoms with Gasteiger partial charge in [0, 0.05) is 0 Å². The average Bonchev–Trinajstić information content (AvgIpc) is 3.49. The molecule has 1 aromatic carbocycles. The average molecular weight is 597 g/mol. The van der Waals surface area contributed by atoms with Gasteiger partial charge in [-0.2, -0.15) is 0 Å². The zero-order valence-corrected chi connectivity index (χ0v) is 25.4. The zero-order chi connectivity index (χ0) is 30.8. The maximum Gasteiger partial charge on any atom is 0.338 e. The fraction of sp³-hybridized carbons (Fsp3) is 0.645. The summed E-state index contributed by atoms with van der Waals surface area (Å²) in [5.41, 5.74) is 0.491. The number of benzene rings is 1. The summed E-state index contributed by atoms with van der Waals surface area (Å²) in [6, 6.07) is 8.83. The van der Waals surface area contributed by atoms with Gasteiger partial charge in [-0.25, -0.2) is 4.79 Å². The summed E-state index contributed by atoms with van der Waals surface area (Å²) >= 11 is 0. The summed E-state index contributed by atoms with van der Waals surface area (Å²) in [4.78, 5) is 12.2. The van der Waals surface area contributed by atoms with Crippen molar-refractivity contribution in [3.05, 3.63) is 61.2 Å². The third-order valence-electron chi connectivity index (χ3n) is 5.72. The Kier molecular flexibility index (Phi) is 16.4. The molecule has 2 fully saturated rings. The highest BCUT2D eigenvalue weighted by Crippen LogP contribution is 2.23. The number of esters is 1. The second-order valence-electron chi connectivity index (χ2n) is 10.7. The molecule has 11 nitrogen and oxygen atoms in total. The van der Waals surface area contributed by atoms with Crippen LogP contribution in [0.15, 0.2) is 55.6 Å². The van der Waals surface area contributed by atoms with Crippen LogP contribution in [0, 0.1) is 0 Å². The molecule has 1 N–H and O–H groups in total. The quantitative estimate of drug-likeness (QED) is 0.153. The number of ether oxygens (including phenoxy) is 9. The van der Waals surface area contributed by atoms with E-state index in [4.69, 9.17) is 42.6 Å². The summed E-state index contributed by atoms with van der Waals surface area (Å²) in [7, 11) is 0. The van der Waals surface area contributed by atoms with Gasteiger partial charge < -0.3 is 47.7 Å². The fourth-order valence-electron chi connectivity index (χ4n) is 3.88. The monoisotopic (exact) mass is 596 g/mol. The highest BCUT2D eigenvalue weighted by molar-refractivity contribution is 5.89. The second-order valence-corrected chi connectivity index (χ2v) is 10.7. The van der Waals surface area contributed by atoms with Gasteiger partial charge in [0.2, 0.25) is 0 Å². The van der Waals surface area contributed by atoms with E-state index in [1.807, 2.05) is 33.8 Å². The van der Waals surface area contributed by atoms with Crippen LogP contribution in [0.1, 0.15) is 38.1 Å². The van der Waals surface area contributed by atoms with Crippen LogP contribution in [-0.4, -0.2) is 113 Å². The summed E-state index contributed by atoms with van der Waals surface area (Å²) in [5.74, 6) is -1.52. The summed E-state index contributed by atoms with van der Waals surface area (Å²) in [5, 5.41) is 9.50. The number of aliphatic hydroxyl groups excluding tert-OH is 1. The van der Waals surface area contributed by atoms with Gasteiger partial charge in [-0.05, 0) is 39.8 Å². The van der Waals surface area contributed by atoms with Crippen LogP contribution in [-0.2, 0) is 42.6 Å². The normalized spacial score (nSPS) is 22.0. The van der Waals surface area contributed by atoms with E-state index in [2.05, 4.69) is 13.2 Å². The molecule has 0 amide bonds. The van der Waals surface area contributed by atoms with Crippen LogP contribution in [0.4, 0.5) is 0 Å². The first-order valence-corrected chi connectivity index (χ1v) is 14.1. The van der Waals surface area contributed by atoms with Gasteiger partial charge in [0.25, 0.3) is 0 Å². The van der Waals surface area contributed by atoms with Crippen LogP contribution in [0.2, 0.25) is 0 Å². The number of aliphatic hydroxyl groups is 1. The molecule has 42 heavy (non-hydrogen) atoms. The Labute approximate surface area is 249 Å². The predicted molar refractivity (Wildman–Crippen MR) is 155 cm³/mol. The standard InChI is InChI=1S/C19H26O6.C12H22O5/c1-4-10-21-11-16(24-18(20)15-8-6-5-7-9-15)12-22-13-17-14-23-19(2,3)25-17;1-4-5-14-6-10(13)7-15-8-11-9-16-12(2,3)17-11/h4-9,16-17H,1,10-14H2,2-3H3;4,10-11,13H,1,5-9H2,2-3H3. The number of rotatable bonds is 18. The molecule has 0 aliphatic carbocycles. The zero-order valence-electron chi connectivity index (χ0n) is 25.4. The van der Waals surface area contributed by atoms with Gasteiger partial charge in [0.1, 0.15) is 24.4 Å². The van der Waals surface area contributed by atoms with Crippen molar-refractivity contribution in [2.45, 2.75) is 63.7 Å². The highest BCUT2D eigenvalue weighted by Gasteiger charge is 2.33. The van der Waals surface area contributed by atoms with Crippen molar-refractivity contribution >= 4 is 5.97 Å². The number of hydrogen-bond donors (Lipinski definition) is 1. The molecule has 11 heteroatoms. The highest BCUT2D eigenvalue weighted by atomic mass is 16.8. The van der Waals surface area contributed by atoms with Crippen LogP contribution >= 0.6 is 0 Å². The van der Waals surface area contributed by atoms with Crippen molar-refractivity contribution in [2.24, 2.45) is 0 Å². The molecule has 2 aliphatic heterocycles. The first-order valence-electron chi connectivity index (χ1n) is 14.1. The molecule has 238 valence electrons. The predicted octanol–water partition coefficient (Wildman–Crippen LogP) is 3.30. The fourth-order valence-corrected chi connectivity index (χ4v) is 3.88. The van der Waals surface area contributed by atoms with Crippen molar-refractivity contribution in [3.63, 3.8) is 0 Å². The molecular weight excluding hydrogens is 548 g/mol. The molecule has 0 radical (unpaired) electrons. The SMILES string of the molecule is C=CCOCC(COCC1COC(C)(C)O1)OC(=O)c1ccccc1.C=CCOCC(O)COCC1COC(C)(C)O1. The Hall–Kier alpha value is -2.19. The minimum atomic E-state index is -0.620. The first kappa shape index (κ1) is 36.0. The molecule has 2 saturated heterocycles. The van der Waals surface area contributed by atoms with Gasteiger partial charge >= 0.3 is 5.97 Å². The number of carbonyl (C=O) groups excluding carboxylic acids is 1. The molecule has 0 spiro atoms. The lowest BCUT2D eigenvalue weighted by Crippen LogP contribution is -2.31. The molecule has 0 bridgehead atoms. The van der Waals surface area contributed by atoms with Crippen molar-refractivity contribution in [1.29, 1.82) is 0 Å². The maximum absolute atomic E-state index is 12.2. The van der Waals surface area contributed by atoms with Crippen molar-refractivity contribution in [3.8, 4) is 0 Å². The molecule has 2 heterocycles. The maximum atomic E-state index is 12.2. The smallest absolute Gasteiger partial charge is 0.338 e. The van der Waals surface area contributed by atoms with E-state index >= 15 is 0 Å². The molecule has 1 aromatic rings. The molecular formula is C31H48O11. The van der Waals surface area contributed by atoms with Crippen molar-refractivity contribution in [1.82, 2.24) is 0 Å². The first-order chi connectivity index (χ1) is 20.0. The topological polar surface area (TPSA) is 120 Å². The lowest BCUT2D eigenvalue weighted by Gasteiger charge is -2.20. The second kappa shape index (κ2) is 19.2. The van der Waals surface area contributed by atoms with Crippen molar-refractivity contribution in [2.75, 3.05) is 66.1 Å². The van der Waals surface area contributed by atoms with Crippen LogP contribution in [0.25, 0.3) is 0 Å².